The average molecular weight is 346 g/mol. The Morgan fingerprint density at radius 2 is 2.11 bits per heavy atom. The fourth-order valence-electron chi connectivity index (χ4n) is 1.46. The van der Waals surface area contributed by atoms with Crippen molar-refractivity contribution >= 4 is 45.4 Å². The average Bonchev–Trinajstić information content (AvgIpc) is 2.89. The van der Waals surface area contributed by atoms with Gasteiger partial charge in [-0.1, -0.05) is 11.8 Å². The van der Waals surface area contributed by atoms with Crippen LogP contribution >= 0.6 is 28.7 Å². The van der Waals surface area contributed by atoms with Crippen molar-refractivity contribution in [1.29, 1.82) is 0 Å². The van der Waals surface area contributed by atoms with E-state index in [9.17, 15) is 14.9 Å². The van der Waals surface area contributed by atoms with E-state index in [4.69, 9.17) is 0 Å². The maximum atomic E-state index is 11.8. The number of rotatable bonds is 4. The first kappa shape index (κ1) is 15.6. The van der Waals surface area contributed by atoms with E-state index in [0.717, 1.165) is 18.3 Å². The third-order valence-electron chi connectivity index (χ3n) is 2.38. The lowest BCUT2D eigenvalue weighted by molar-refractivity contribution is -0.384. The molecule has 0 bridgehead atoms. The van der Waals surface area contributed by atoms with Crippen molar-refractivity contribution in [3.05, 3.63) is 39.9 Å². The highest BCUT2D eigenvalue weighted by atomic mass is 79.9. The molecule has 0 unspecified atom stereocenters. The molecule has 0 spiro atoms. The van der Waals surface area contributed by atoms with Gasteiger partial charge in [-0.3, -0.25) is 19.9 Å². The summed E-state index contributed by atoms with van der Waals surface area (Å²) in [5, 5.41) is 14.3. The van der Waals surface area contributed by atoms with Crippen LogP contribution in [0, 0.1) is 10.1 Å². The molecular weight excluding hydrogens is 334 g/mol. The monoisotopic (exact) mass is 345 g/mol. The Balaban J connectivity index is 0.00000180. The Morgan fingerprint density at radius 1 is 1.42 bits per heavy atom. The molecule has 1 aromatic rings. The number of hydrogen-bond donors (Lipinski definition) is 1. The summed E-state index contributed by atoms with van der Waals surface area (Å²) in [6.45, 7) is 1.56. The van der Waals surface area contributed by atoms with Crippen LogP contribution in [0.2, 0.25) is 0 Å². The summed E-state index contributed by atoms with van der Waals surface area (Å²) in [5.74, 6) is 0.218. The van der Waals surface area contributed by atoms with Crippen molar-refractivity contribution in [1.82, 2.24) is 5.32 Å². The minimum absolute atomic E-state index is 0. The van der Waals surface area contributed by atoms with Crippen LogP contribution in [-0.2, 0) is 0 Å². The number of carbonyl (C=O) groups excluding carboxylic acids is 1. The summed E-state index contributed by atoms with van der Waals surface area (Å²) in [5.41, 5.74) is 0.465. The molecule has 0 fully saturated rings. The van der Waals surface area contributed by atoms with E-state index in [2.05, 4.69) is 10.3 Å². The first-order valence-corrected chi connectivity index (χ1v) is 6.34. The number of thioether (sulfide) groups is 1. The number of amidine groups is 1. The minimum Gasteiger partial charge on any atom is -0.363 e. The number of benzene rings is 1. The predicted molar refractivity (Wildman–Crippen MR) is 80.5 cm³/mol. The van der Waals surface area contributed by atoms with E-state index in [0.29, 0.717) is 5.56 Å². The summed E-state index contributed by atoms with van der Waals surface area (Å²) in [7, 11) is 0. The highest BCUT2D eigenvalue weighted by molar-refractivity contribution is 8.93. The minimum atomic E-state index is -0.486. The quantitative estimate of drug-likeness (QED) is 0.512. The maximum Gasteiger partial charge on any atom is 0.269 e. The largest absolute Gasteiger partial charge is 0.363 e. The van der Waals surface area contributed by atoms with Crippen molar-refractivity contribution in [2.24, 2.45) is 4.99 Å². The Kier molecular flexibility index (Phi) is 5.97. The van der Waals surface area contributed by atoms with Crippen molar-refractivity contribution < 1.29 is 9.72 Å². The van der Waals surface area contributed by atoms with Gasteiger partial charge in [0.25, 0.3) is 5.69 Å². The Morgan fingerprint density at radius 3 is 2.63 bits per heavy atom. The van der Waals surface area contributed by atoms with E-state index >= 15 is 0 Å². The summed E-state index contributed by atoms with van der Waals surface area (Å²) in [4.78, 5) is 26.0. The molecule has 1 aliphatic heterocycles. The first-order valence-electron chi connectivity index (χ1n) is 5.35. The lowest BCUT2D eigenvalue weighted by Crippen LogP contribution is -2.17. The molecule has 0 aromatic heterocycles. The topological polar surface area (TPSA) is 84.6 Å². The summed E-state index contributed by atoms with van der Waals surface area (Å²) >= 11 is 1.35. The Labute approximate surface area is 124 Å². The smallest absolute Gasteiger partial charge is 0.269 e. The summed E-state index contributed by atoms with van der Waals surface area (Å²) < 4.78 is 0. The zero-order valence-corrected chi connectivity index (χ0v) is 12.4. The van der Waals surface area contributed by atoms with E-state index in [1.54, 1.807) is 0 Å². The molecule has 19 heavy (non-hydrogen) atoms. The molecule has 2 rings (SSSR count). The number of ketones is 1. The SMILES string of the molecule is Br.O=C(CSC1=NCCN1)c1ccc([N+](=O)[O-])cc1. The zero-order chi connectivity index (χ0) is 13.0. The number of hydrogen-bond acceptors (Lipinski definition) is 6. The number of nitro benzene ring substituents is 1. The second-order valence-corrected chi connectivity index (χ2v) is 4.59. The van der Waals surface area contributed by atoms with Crippen molar-refractivity contribution in [2.75, 3.05) is 18.8 Å². The number of carbonyl (C=O) groups is 1. The van der Waals surface area contributed by atoms with Crippen LogP contribution in [0.4, 0.5) is 5.69 Å². The molecule has 6 nitrogen and oxygen atoms in total. The molecule has 0 saturated carbocycles. The van der Waals surface area contributed by atoms with E-state index in [1.807, 2.05) is 0 Å². The summed E-state index contributed by atoms with van der Waals surface area (Å²) in [6.07, 6.45) is 0. The number of nitrogens with zero attached hydrogens (tertiary/aromatic N) is 2. The molecule has 8 heteroatoms. The van der Waals surface area contributed by atoms with Crippen LogP contribution in [0.15, 0.2) is 29.3 Å². The maximum absolute atomic E-state index is 11.8. The van der Waals surface area contributed by atoms with Gasteiger partial charge >= 0.3 is 0 Å². The van der Waals surface area contributed by atoms with E-state index < -0.39 is 4.92 Å². The van der Waals surface area contributed by atoms with Gasteiger partial charge in [-0.05, 0) is 12.1 Å². The van der Waals surface area contributed by atoms with Crippen molar-refractivity contribution in [3.63, 3.8) is 0 Å². The lowest BCUT2D eigenvalue weighted by Gasteiger charge is -2.01. The van der Waals surface area contributed by atoms with Gasteiger partial charge in [0.2, 0.25) is 0 Å². The van der Waals surface area contributed by atoms with Crippen LogP contribution in [0.1, 0.15) is 10.4 Å². The Hall–Kier alpha value is -1.41. The zero-order valence-electron chi connectivity index (χ0n) is 9.87. The molecule has 102 valence electrons. The van der Waals surface area contributed by atoms with Gasteiger partial charge in [0, 0.05) is 24.2 Å². The van der Waals surface area contributed by atoms with Crippen LogP contribution in [0.25, 0.3) is 0 Å². The number of nitrogens with one attached hydrogen (secondary N) is 1. The second kappa shape index (κ2) is 7.25. The molecule has 1 aliphatic rings. The van der Waals surface area contributed by atoms with Gasteiger partial charge in [0.05, 0.1) is 17.2 Å². The molecule has 0 atom stereocenters. The van der Waals surface area contributed by atoms with Gasteiger partial charge in [-0.2, -0.15) is 0 Å². The third-order valence-corrected chi connectivity index (χ3v) is 3.34. The van der Waals surface area contributed by atoms with Gasteiger partial charge in [0.1, 0.15) is 0 Å². The molecule has 1 aromatic carbocycles. The molecule has 0 radical (unpaired) electrons. The number of nitro groups is 1. The van der Waals surface area contributed by atoms with Crippen LogP contribution in [0.3, 0.4) is 0 Å². The molecule has 0 amide bonds. The van der Waals surface area contributed by atoms with Crippen LogP contribution in [-0.4, -0.2) is 34.7 Å². The highest BCUT2D eigenvalue weighted by Gasteiger charge is 2.12. The van der Waals surface area contributed by atoms with Gasteiger partial charge < -0.3 is 5.32 Å². The van der Waals surface area contributed by atoms with Gasteiger partial charge in [-0.25, -0.2) is 0 Å². The van der Waals surface area contributed by atoms with Crippen LogP contribution < -0.4 is 5.32 Å². The normalized spacial score (nSPS) is 13.2. The van der Waals surface area contributed by atoms with E-state index in [1.165, 1.54) is 36.0 Å². The number of Topliss-reactive ketones (excluding diaryl/α,β-unsaturated/α-hetero) is 1. The van der Waals surface area contributed by atoms with Crippen molar-refractivity contribution in [3.8, 4) is 0 Å². The Bertz CT molecular complexity index is 504. The third kappa shape index (κ3) is 4.32. The lowest BCUT2D eigenvalue weighted by atomic mass is 10.1. The fraction of sp³-hybridized carbons (Fsp3) is 0.273. The molecular formula is C11H12BrN3O3S. The van der Waals surface area contributed by atoms with Crippen molar-refractivity contribution in [2.45, 2.75) is 0 Å². The standard InChI is InChI=1S/C11H11N3O3S.BrH/c15-10(7-18-11-12-5-6-13-11)8-1-3-9(4-2-8)14(16)17;/h1-4H,5-7H2,(H,12,13);1H. The first-order chi connectivity index (χ1) is 8.66. The van der Waals surface area contributed by atoms with Gasteiger partial charge in [0.15, 0.2) is 11.0 Å². The van der Waals surface area contributed by atoms with Gasteiger partial charge in [-0.15, -0.1) is 17.0 Å². The number of non-ortho nitro benzene ring substituents is 1. The number of aliphatic imine (C=N–C) groups is 1. The number of halogens is 1. The molecule has 1 N–H and O–H groups in total. The molecule has 0 aliphatic carbocycles. The predicted octanol–water partition coefficient (Wildman–Crippen LogP) is 2.05. The second-order valence-electron chi connectivity index (χ2n) is 3.63. The fourth-order valence-corrected chi connectivity index (χ4v) is 2.28. The van der Waals surface area contributed by atoms with E-state index in [-0.39, 0.29) is 34.2 Å². The molecule has 0 saturated heterocycles. The molecule has 1 heterocycles. The highest BCUT2D eigenvalue weighted by Crippen LogP contribution is 2.14. The van der Waals surface area contributed by atoms with Crippen LogP contribution in [0.5, 0.6) is 0 Å². The summed E-state index contributed by atoms with van der Waals surface area (Å²) in [6, 6.07) is 5.63.